The smallest absolute Gasteiger partial charge is 0.367 e. The maximum absolute atomic E-state index is 12.4. The minimum Gasteiger partial charge on any atom is -0.367 e. The molecule has 2 N–H and O–H groups in total. The van der Waals surface area contributed by atoms with E-state index in [1.165, 1.54) is 0 Å². The molecule has 0 amide bonds. The van der Waals surface area contributed by atoms with E-state index < -0.39 is 11.7 Å². The van der Waals surface area contributed by atoms with Crippen molar-refractivity contribution in [3.63, 3.8) is 0 Å². The lowest BCUT2D eigenvalue weighted by molar-refractivity contribution is -0.137. The lowest BCUT2D eigenvalue weighted by Crippen LogP contribution is -2.39. The van der Waals surface area contributed by atoms with Crippen LogP contribution in [0.25, 0.3) is 0 Å². The van der Waals surface area contributed by atoms with Crippen LogP contribution in [0.15, 0.2) is 12.3 Å². The van der Waals surface area contributed by atoms with Crippen LogP contribution in [0.1, 0.15) is 24.8 Å². The summed E-state index contributed by atoms with van der Waals surface area (Å²) in [7, 11) is 0. The third-order valence-electron chi connectivity index (χ3n) is 3.10. The fraction of sp³-hybridized carbons (Fsp3) is 0.583. The molecular formula is C12H15ClF3N3. The Hall–Kier alpha value is -1.01. The number of rotatable bonds is 3. The van der Waals surface area contributed by atoms with Crippen LogP contribution in [0.5, 0.6) is 0 Å². The minimum absolute atomic E-state index is 0.00867. The summed E-state index contributed by atoms with van der Waals surface area (Å²) in [5.74, 6) is 0.294. The van der Waals surface area contributed by atoms with Crippen LogP contribution in [0.2, 0.25) is 5.02 Å². The fourth-order valence-corrected chi connectivity index (χ4v) is 2.27. The zero-order valence-corrected chi connectivity index (χ0v) is 11.0. The predicted octanol–water partition coefficient (Wildman–Crippen LogP) is 3.31. The number of piperidine rings is 1. The van der Waals surface area contributed by atoms with Crippen LogP contribution < -0.4 is 10.6 Å². The third-order valence-corrected chi connectivity index (χ3v) is 3.38. The monoisotopic (exact) mass is 293 g/mol. The van der Waals surface area contributed by atoms with Gasteiger partial charge in [-0.05, 0) is 25.5 Å². The fourth-order valence-electron chi connectivity index (χ4n) is 2.04. The molecule has 0 aliphatic carbocycles. The standard InChI is InChI=1S/C12H15ClF3N3/c13-10-5-8(12(14,15)16)6-18-11(10)19-7-9-3-1-2-4-17-9/h5-6,9,17H,1-4,7H2,(H,18,19)/t9-/m1/s1. The summed E-state index contributed by atoms with van der Waals surface area (Å²) in [6, 6.07) is 1.21. The van der Waals surface area contributed by atoms with Gasteiger partial charge in [0, 0.05) is 18.8 Å². The average molecular weight is 294 g/mol. The SMILES string of the molecule is FC(F)(F)c1cnc(NC[C@H]2CCCCN2)c(Cl)c1. The Balaban J connectivity index is 1.97. The van der Waals surface area contributed by atoms with Crippen molar-refractivity contribution in [2.45, 2.75) is 31.5 Å². The second kappa shape index (κ2) is 5.96. The highest BCUT2D eigenvalue weighted by Gasteiger charge is 2.31. The maximum atomic E-state index is 12.4. The lowest BCUT2D eigenvalue weighted by atomic mass is 10.1. The topological polar surface area (TPSA) is 37.0 Å². The minimum atomic E-state index is -4.42. The highest BCUT2D eigenvalue weighted by molar-refractivity contribution is 6.32. The summed E-state index contributed by atoms with van der Waals surface area (Å²) >= 11 is 5.81. The summed E-state index contributed by atoms with van der Waals surface area (Å²) in [5, 5.41) is 6.31. The summed E-state index contributed by atoms with van der Waals surface area (Å²) in [5.41, 5.74) is -0.834. The quantitative estimate of drug-likeness (QED) is 0.898. The molecule has 106 valence electrons. The summed E-state index contributed by atoms with van der Waals surface area (Å²) < 4.78 is 37.3. The normalized spacial score (nSPS) is 20.3. The van der Waals surface area contributed by atoms with E-state index in [1.807, 2.05) is 0 Å². The average Bonchev–Trinajstić information content (AvgIpc) is 2.37. The van der Waals surface area contributed by atoms with E-state index in [0.29, 0.717) is 18.4 Å². The largest absolute Gasteiger partial charge is 0.417 e. The Labute approximate surface area is 114 Å². The molecule has 2 heterocycles. The number of nitrogens with one attached hydrogen (secondary N) is 2. The van der Waals surface area contributed by atoms with Crippen LogP contribution in [-0.2, 0) is 6.18 Å². The Bertz CT molecular complexity index is 431. The third kappa shape index (κ3) is 3.98. The lowest BCUT2D eigenvalue weighted by Gasteiger charge is -2.24. The first kappa shape index (κ1) is 14.4. The Morgan fingerprint density at radius 3 is 2.79 bits per heavy atom. The molecule has 1 fully saturated rings. The predicted molar refractivity (Wildman–Crippen MR) is 68.4 cm³/mol. The first-order valence-electron chi connectivity index (χ1n) is 6.17. The van der Waals surface area contributed by atoms with Crippen LogP contribution in [0.4, 0.5) is 19.0 Å². The molecule has 3 nitrogen and oxygen atoms in total. The molecule has 0 saturated carbocycles. The second-order valence-corrected chi connectivity index (χ2v) is 4.99. The summed E-state index contributed by atoms with van der Waals surface area (Å²) in [4.78, 5) is 3.74. The van der Waals surface area contributed by atoms with E-state index in [-0.39, 0.29) is 5.02 Å². The van der Waals surface area contributed by atoms with Crippen molar-refractivity contribution in [2.75, 3.05) is 18.4 Å². The highest BCUT2D eigenvalue weighted by Crippen LogP contribution is 2.32. The van der Waals surface area contributed by atoms with Gasteiger partial charge in [-0.25, -0.2) is 4.98 Å². The van der Waals surface area contributed by atoms with Crippen LogP contribution in [0.3, 0.4) is 0 Å². The Morgan fingerprint density at radius 2 is 2.21 bits per heavy atom. The van der Waals surface area contributed by atoms with Crippen molar-refractivity contribution in [2.24, 2.45) is 0 Å². The molecule has 1 aromatic rings. The molecule has 19 heavy (non-hydrogen) atoms. The molecule has 1 aromatic heterocycles. The number of aromatic nitrogens is 1. The van der Waals surface area contributed by atoms with E-state index >= 15 is 0 Å². The van der Waals surface area contributed by atoms with Gasteiger partial charge in [0.25, 0.3) is 0 Å². The first-order valence-corrected chi connectivity index (χ1v) is 6.54. The van der Waals surface area contributed by atoms with Gasteiger partial charge in [0.05, 0.1) is 10.6 Å². The number of pyridine rings is 1. The molecule has 1 atom stereocenters. The van der Waals surface area contributed by atoms with Gasteiger partial charge in [0.1, 0.15) is 5.82 Å². The van der Waals surface area contributed by atoms with Gasteiger partial charge in [-0.2, -0.15) is 13.2 Å². The van der Waals surface area contributed by atoms with Gasteiger partial charge in [0.2, 0.25) is 0 Å². The van der Waals surface area contributed by atoms with Gasteiger partial charge in [-0.3, -0.25) is 0 Å². The van der Waals surface area contributed by atoms with Gasteiger partial charge in [-0.1, -0.05) is 18.0 Å². The number of hydrogen-bond acceptors (Lipinski definition) is 3. The van der Waals surface area contributed by atoms with E-state index in [2.05, 4.69) is 15.6 Å². The van der Waals surface area contributed by atoms with Crippen molar-refractivity contribution in [3.05, 3.63) is 22.8 Å². The molecule has 2 rings (SSSR count). The van der Waals surface area contributed by atoms with E-state index in [4.69, 9.17) is 11.6 Å². The molecule has 7 heteroatoms. The molecule has 0 radical (unpaired) electrons. The maximum Gasteiger partial charge on any atom is 0.417 e. The molecule has 0 aromatic carbocycles. The number of halogens is 4. The van der Waals surface area contributed by atoms with Crippen LogP contribution in [-0.4, -0.2) is 24.1 Å². The second-order valence-electron chi connectivity index (χ2n) is 4.58. The number of nitrogens with zero attached hydrogens (tertiary/aromatic N) is 1. The molecule has 0 bridgehead atoms. The van der Waals surface area contributed by atoms with Crippen LogP contribution in [0, 0.1) is 0 Å². The van der Waals surface area contributed by atoms with E-state index in [9.17, 15) is 13.2 Å². The van der Waals surface area contributed by atoms with E-state index in [1.54, 1.807) is 0 Å². The Morgan fingerprint density at radius 1 is 1.42 bits per heavy atom. The molecule has 0 spiro atoms. The summed E-state index contributed by atoms with van der Waals surface area (Å²) in [6.45, 7) is 1.58. The van der Waals surface area contributed by atoms with Crippen molar-refractivity contribution in [1.29, 1.82) is 0 Å². The van der Waals surface area contributed by atoms with E-state index in [0.717, 1.165) is 38.1 Å². The first-order chi connectivity index (χ1) is 8.97. The zero-order chi connectivity index (χ0) is 13.9. The van der Waals surface area contributed by atoms with Gasteiger partial charge < -0.3 is 10.6 Å². The zero-order valence-electron chi connectivity index (χ0n) is 10.2. The number of hydrogen-bond donors (Lipinski definition) is 2. The van der Waals surface area contributed by atoms with Crippen molar-refractivity contribution < 1.29 is 13.2 Å². The molecule has 1 saturated heterocycles. The van der Waals surface area contributed by atoms with Gasteiger partial charge in [-0.15, -0.1) is 0 Å². The molecule has 1 aliphatic rings. The molecule has 0 unspecified atom stereocenters. The van der Waals surface area contributed by atoms with Gasteiger partial charge in [0.15, 0.2) is 0 Å². The van der Waals surface area contributed by atoms with Crippen molar-refractivity contribution in [1.82, 2.24) is 10.3 Å². The highest BCUT2D eigenvalue weighted by atomic mass is 35.5. The molecule has 1 aliphatic heterocycles. The van der Waals surface area contributed by atoms with Crippen molar-refractivity contribution >= 4 is 17.4 Å². The van der Waals surface area contributed by atoms with Gasteiger partial charge >= 0.3 is 6.18 Å². The summed E-state index contributed by atoms with van der Waals surface area (Å²) in [6.07, 6.45) is -0.253. The number of anilines is 1. The number of alkyl halides is 3. The van der Waals surface area contributed by atoms with Crippen molar-refractivity contribution in [3.8, 4) is 0 Å². The Kier molecular flexibility index (Phi) is 4.52. The molecular weight excluding hydrogens is 279 g/mol. The van der Waals surface area contributed by atoms with Crippen LogP contribution >= 0.6 is 11.6 Å².